The fourth-order valence-corrected chi connectivity index (χ4v) is 1.45. The number of carbonyl (C=O) groups excluding carboxylic acids is 1. The molecule has 3 heteroatoms. The van der Waals surface area contributed by atoms with Crippen molar-refractivity contribution in [3.8, 4) is 0 Å². The highest BCUT2D eigenvalue weighted by Crippen LogP contribution is 2.13. The van der Waals surface area contributed by atoms with Gasteiger partial charge in [0, 0.05) is 0 Å². The first-order chi connectivity index (χ1) is 7.56. The molecule has 1 aromatic rings. The molecule has 0 amide bonds. The molecule has 1 atom stereocenters. The Hall–Kier alpha value is -1.35. The van der Waals surface area contributed by atoms with E-state index in [1.807, 2.05) is 30.3 Å². The average Bonchev–Trinajstić information content (AvgIpc) is 2.28. The summed E-state index contributed by atoms with van der Waals surface area (Å²) in [6.45, 7) is 3.87. The van der Waals surface area contributed by atoms with E-state index in [-0.39, 0.29) is 5.97 Å². The third-order valence-electron chi connectivity index (χ3n) is 2.52. The second-order valence-corrected chi connectivity index (χ2v) is 4.12. The summed E-state index contributed by atoms with van der Waals surface area (Å²) in [7, 11) is 0. The number of nitrogens with two attached hydrogens (primary N) is 1. The molecule has 2 N–H and O–H groups in total. The van der Waals surface area contributed by atoms with E-state index in [9.17, 15) is 4.79 Å². The van der Waals surface area contributed by atoms with Crippen LogP contribution in [0.1, 0.15) is 25.8 Å². The van der Waals surface area contributed by atoms with Crippen molar-refractivity contribution in [2.24, 2.45) is 5.73 Å². The van der Waals surface area contributed by atoms with Crippen LogP contribution in [0.15, 0.2) is 30.3 Å². The molecule has 0 bridgehead atoms. The third kappa shape index (κ3) is 3.66. The highest BCUT2D eigenvalue weighted by atomic mass is 16.5. The van der Waals surface area contributed by atoms with Crippen LogP contribution in [0.3, 0.4) is 0 Å². The topological polar surface area (TPSA) is 52.3 Å². The number of esters is 1. The molecule has 0 aliphatic rings. The van der Waals surface area contributed by atoms with Gasteiger partial charge in [0.25, 0.3) is 0 Å². The van der Waals surface area contributed by atoms with Crippen LogP contribution in [0.5, 0.6) is 0 Å². The summed E-state index contributed by atoms with van der Waals surface area (Å²) in [6, 6.07) is 9.99. The van der Waals surface area contributed by atoms with Gasteiger partial charge >= 0.3 is 5.97 Å². The first-order valence-electron chi connectivity index (χ1n) is 5.56. The first kappa shape index (κ1) is 12.7. The molecule has 3 nitrogen and oxygen atoms in total. The predicted octanol–water partition coefficient (Wildman–Crippen LogP) is 1.90. The summed E-state index contributed by atoms with van der Waals surface area (Å²) in [6.07, 6.45) is 1.38. The quantitative estimate of drug-likeness (QED) is 0.773. The monoisotopic (exact) mass is 221 g/mol. The van der Waals surface area contributed by atoms with Gasteiger partial charge in [-0.3, -0.25) is 4.79 Å². The summed E-state index contributed by atoms with van der Waals surface area (Å²) in [5.41, 5.74) is 6.21. The summed E-state index contributed by atoms with van der Waals surface area (Å²) in [5, 5.41) is 0. The van der Waals surface area contributed by atoms with E-state index >= 15 is 0 Å². The Morgan fingerprint density at radius 2 is 2.00 bits per heavy atom. The lowest BCUT2D eigenvalue weighted by molar-refractivity contribution is -0.149. The van der Waals surface area contributed by atoms with Crippen LogP contribution in [0.4, 0.5) is 0 Å². The molecule has 1 rings (SSSR count). The van der Waals surface area contributed by atoms with Crippen LogP contribution in [0.25, 0.3) is 0 Å². The Bertz CT molecular complexity index is 333. The van der Waals surface area contributed by atoms with Gasteiger partial charge in [-0.15, -0.1) is 0 Å². The van der Waals surface area contributed by atoms with E-state index in [1.165, 1.54) is 5.56 Å². The first-order valence-corrected chi connectivity index (χ1v) is 5.56. The van der Waals surface area contributed by atoms with Gasteiger partial charge in [-0.25, -0.2) is 0 Å². The number of rotatable bonds is 5. The number of aryl methyl sites for hydroxylation is 1. The highest BCUT2D eigenvalue weighted by Gasteiger charge is 2.29. The zero-order valence-corrected chi connectivity index (χ0v) is 9.90. The molecule has 1 unspecified atom stereocenters. The predicted molar refractivity (Wildman–Crippen MR) is 64.0 cm³/mol. The lowest BCUT2D eigenvalue weighted by Gasteiger charge is -2.22. The van der Waals surface area contributed by atoms with Gasteiger partial charge in [-0.05, 0) is 32.3 Å². The van der Waals surface area contributed by atoms with Gasteiger partial charge in [0.2, 0.25) is 0 Å². The van der Waals surface area contributed by atoms with Gasteiger partial charge in [-0.2, -0.15) is 0 Å². The van der Waals surface area contributed by atoms with Crippen molar-refractivity contribution in [3.05, 3.63) is 35.9 Å². The maximum atomic E-state index is 11.5. The van der Waals surface area contributed by atoms with E-state index in [0.29, 0.717) is 13.0 Å². The van der Waals surface area contributed by atoms with Crippen molar-refractivity contribution >= 4 is 5.97 Å². The standard InChI is InChI=1S/C13H19NO2/c1-3-16-12(15)13(2,14)10-9-11-7-5-4-6-8-11/h4-8H,3,9-10,14H2,1-2H3. The van der Waals surface area contributed by atoms with Gasteiger partial charge < -0.3 is 10.5 Å². The third-order valence-corrected chi connectivity index (χ3v) is 2.52. The van der Waals surface area contributed by atoms with Crippen molar-refractivity contribution in [1.82, 2.24) is 0 Å². The van der Waals surface area contributed by atoms with Crippen molar-refractivity contribution in [3.63, 3.8) is 0 Å². The number of hydrogen-bond donors (Lipinski definition) is 1. The SMILES string of the molecule is CCOC(=O)C(C)(N)CCc1ccccc1. The minimum absolute atomic E-state index is 0.328. The Labute approximate surface area is 96.6 Å². The zero-order valence-electron chi connectivity index (χ0n) is 9.90. The summed E-state index contributed by atoms with van der Waals surface area (Å²) < 4.78 is 4.93. The minimum Gasteiger partial charge on any atom is -0.465 e. The molecule has 16 heavy (non-hydrogen) atoms. The largest absolute Gasteiger partial charge is 0.465 e. The molecule has 0 aliphatic heterocycles. The van der Waals surface area contributed by atoms with Crippen molar-refractivity contribution in [2.75, 3.05) is 6.61 Å². The average molecular weight is 221 g/mol. The van der Waals surface area contributed by atoms with Crippen LogP contribution in [0.2, 0.25) is 0 Å². The van der Waals surface area contributed by atoms with E-state index in [2.05, 4.69) is 0 Å². The molecule has 0 saturated heterocycles. The van der Waals surface area contributed by atoms with Crippen LogP contribution in [-0.2, 0) is 16.0 Å². The van der Waals surface area contributed by atoms with Crippen molar-refractivity contribution < 1.29 is 9.53 Å². The zero-order chi connectivity index (χ0) is 12.0. The molecular formula is C13H19NO2. The van der Waals surface area contributed by atoms with Gasteiger partial charge in [0.05, 0.1) is 6.61 Å². The smallest absolute Gasteiger partial charge is 0.325 e. The highest BCUT2D eigenvalue weighted by molar-refractivity contribution is 5.79. The van der Waals surface area contributed by atoms with E-state index in [1.54, 1.807) is 13.8 Å². The fraction of sp³-hybridized carbons (Fsp3) is 0.462. The molecule has 88 valence electrons. The fourth-order valence-electron chi connectivity index (χ4n) is 1.45. The molecular weight excluding hydrogens is 202 g/mol. The Morgan fingerprint density at radius 1 is 1.38 bits per heavy atom. The number of carbonyl (C=O) groups is 1. The summed E-state index contributed by atoms with van der Waals surface area (Å²) in [4.78, 5) is 11.5. The molecule has 0 aromatic heterocycles. The van der Waals surface area contributed by atoms with E-state index < -0.39 is 5.54 Å². The van der Waals surface area contributed by atoms with Crippen molar-refractivity contribution in [1.29, 1.82) is 0 Å². The molecule has 0 spiro atoms. The van der Waals surface area contributed by atoms with E-state index in [4.69, 9.17) is 10.5 Å². The molecule has 1 aromatic carbocycles. The summed E-state index contributed by atoms with van der Waals surface area (Å²) in [5.74, 6) is -0.328. The number of hydrogen-bond acceptors (Lipinski definition) is 3. The van der Waals surface area contributed by atoms with Gasteiger partial charge in [0.15, 0.2) is 0 Å². The summed E-state index contributed by atoms with van der Waals surface area (Å²) >= 11 is 0. The molecule has 0 saturated carbocycles. The van der Waals surface area contributed by atoms with Crippen LogP contribution in [-0.4, -0.2) is 18.1 Å². The minimum atomic E-state index is -0.897. The molecule has 0 fully saturated rings. The Morgan fingerprint density at radius 3 is 2.56 bits per heavy atom. The number of benzene rings is 1. The Balaban J connectivity index is 2.51. The van der Waals surface area contributed by atoms with Crippen LogP contribution < -0.4 is 5.73 Å². The molecule has 0 aliphatic carbocycles. The second-order valence-electron chi connectivity index (χ2n) is 4.12. The maximum Gasteiger partial charge on any atom is 0.325 e. The van der Waals surface area contributed by atoms with Crippen LogP contribution in [0, 0.1) is 0 Å². The van der Waals surface area contributed by atoms with Crippen molar-refractivity contribution in [2.45, 2.75) is 32.2 Å². The molecule has 0 heterocycles. The second kappa shape index (κ2) is 5.66. The normalized spacial score (nSPS) is 14.2. The maximum absolute atomic E-state index is 11.5. The lowest BCUT2D eigenvalue weighted by Crippen LogP contribution is -2.46. The van der Waals surface area contributed by atoms with Gasteiger partial charge in [0.1, 0.15) is 5.54 Å². The Kier molecular flexibility index (Phi) is 4.50. The van der Waals surface area contributed by atoms with Gasteiger partial charge in [-0.1, -0.05) is 30.3 Å². The number of ether oxygens (including phenoxy) is 1. The van der Waals surface area contributed by atoms with E-state index in [0.717, 1.165) is 6.42 Å². The molecule has 0 radical (unpaired) electrons. The lowest BCUT2D eigenvalue weighted by atomic mass is 9.94. The van der Waals surface area contributed by atoms with Crippen LogP contribution >= 0.6 is 0 Å².